The van der Waals surface area contributed by atoms with Gasteiger partial charge in [-0.2, -0.15) is 5.26 Å². The minimum absolute atomic E-state index is 0.00458. The first kappa shape index (κ1) is 23.9. The van der Waals surface area contributed by atoms with Crippen molar-refractivity contribution in [1.82, 2.24) is 13.9 Å². The summed E-state index contributed by atoms with van der Waals surface area (Å²) in [4.78, 5) is 19.0. The van der Waals surface area contributed by atoms with Crippen molar-refractivity contribution in [3.05, 3.63) is 95.7 Å². The van der Waals surface area contributed by atoms with Crippen LogP contribution in [0.5, 0.6) is 0 Å². The van der Waals surface area contributed by atoms with E-state index in [1.165, 1.54) is 41.4 Å². The van der Waals surface area contributed by atoms with Gasteiger partial charge in [0.2, 0.25) is 5.78 Å². The molecule has 0 aliphatic heterocycles. The Morgan fingerprint density at radius 1 is 1.09 bits per heavy atom. The van der Waals surface area contributed by atoms with E-state index in [2.05, 4.69) is 4.98 Å². The highest BCUT2D eigenvalue weighted by Crippen LogP contribution is 2.31. The molecule has 2 aromatic carbocycles. The number of nitrogens with zero attached hydrogens (tertiary/aromatic N) is 4. The van der Waals surface area contributed by atoms with Crippen LogP contribution in [0.25, 0.3) is 22.2 Å². The van der Waals surface area contributed by atoms with Gasteiger partial charge in [0.05, 0.1) is 22.3 Å². The van der Waals surface area contributed by atoms with Gasteiger partial charge < -0.3 is 4.90 Å². The zero-order valence-corrected chi connectivity index (χ0v) is 20.0. The number of carbonyl (C=O) groups is 1. The highest BCUT2D eigenvalue weighted by atomic mass is 32.2. The summed E-state index contributed by atoms with van der Waals surface area (Å²) in [5, 5.41) is 10.1. The molecule has 0 amide bonds. The summed E-state index contributed by atoms with van der Waals surface area (Å²) in [6.07, 6.45) is 2.42. The number of Topliss-reactive ketones (excluding diaryl/α,β-unsaturated/α-hetero) is 1. The Kier molecular flexibility index (Phi) is 6.24. The van der Waals surface area contributed by atoms with Crippen molar-refractivity contribution < 1.29 is 17.6 Å². The molecule has 176 valence electrons. The van der Waals surface area contributed by atoms with Gasteiger partial charge in [-0.1, -0.05) is 29.8 Å². The predicted molar refractivity (Wildman–Crippen MR) is 131 cm³/mol. The van der Waals surface area contributed by atoms with Gasteiger partial charge in [-0.15, -0.1) is 0 Å². The second kappa shape index (κ2) is 9.16. The fraction of sp³-hybridized carbons (Fsp3) is 0.115. The van der Waals surface area contributed by atoms with Crippen LogP contribution in [0.1, 0.15) is 16.1 Å². The van der Waals surface area contributed by atoms with Gasteiger partial charge in [0, 0.05) is 31.2 Å². The molecule has 0 N–H and O–H groups in total. The van der Waals surface area contributed by atoms with Crippen LogP contribution in [0, 0.1) is 24.1 Å². The van der Waals surface area contributed by atoms with E-state index in [0.717, 1.165) is 15.7 Å². The van der Waals surface area contributed by atoms with Crippen LogP contribution < -0.4 is 0 Å². The van der Waals surface area contributed by atoms with Crippen molar-refractivity contribution in [3.8, 4) is 17.3 Å². The third-order valence-electron chi connectivity index (χ3n) is 5.33. The first-order valence-corrected chi connectivity index (χ1v) is 12.0. The number of benzene rings is 2. The van der Waals surface area contributed by atoms with Crippen LogP contribution in [-0.2, 0) is 10.0 Å². The lowest BCUT2D eigenvalue weighted by atomic mass is 10.1. The highest BCUT2D eigenvalue weighted by Gasteiger charge is 2.28. The Labute approximate surface area is 202 Å². The predicted octanol–water partition coefficient (Wildman–Crippen LogP) is 4.54. The van der Waals surface area contributed by atoms with Gasteiger partial charge in [-0.25, -0.2) is 16.8 Å². The highest BCUT2D eigenvalue weighted by molar-refractivity contribution is 7.90. The third-order valence-corrected chi connectivity index (χ3v) is 7.07. The molecule has 0 aliphatic rings. The first-order valence-electron chi connectivity index (χ1n) is 10.5. The molecular weight excluding hydrogens is 467 g/mol. The number of nitriles is 1. The lowest BCUT2D eigenvalue weighted by Gasteiger charge is -2.13. The van der Waals surface area contributed by atoms with Crippen LogP contribution in [0.3, 0.4) is 0 Å². The molecule has 0 atom stereocenters. The van der Waals surface area contributed by atoms with E-state index < -0.39 is 21.6 Å². The number of rotatable bonds is 6. The van der Waals surface area contributed by atoms with E-state index in [9.17, 15) is 22.9 Å². The molecule has 0 aliphatic carbocycles. The van der Waals surface area contributed by atoms with Crippen molar-refractivity contribution >= 4 is 26.7 Å². The molecule has 9 heteroatoms. The summed E-state index contributed by atoms with van der Waals surface area (Å²) in [5.74, 6) is -1.22. The maximum Gasteiger partial charge on any atom is 0.268 e. The lowest BCUT2D eigenvalue weighted by molar-refractivity contribution is 0.103. The topological polar surface area (TPSA) is 96.1 Å². The molecule has 0 unspecified atom stereocenters. The number of halogens is 1. The first-order chi connectivity index (χ1) is 16.6. The van der Waals surface area contributed by atoms with E-state index in [1.807, 2.05) is 13.0 Å². The Balaban J connectivity index is 2.02. The van der Waals surface area contributed by atoms with E-state index in [-0.39, 0.29) is 21.7 Å². The van der Waals surface area contributed by atoms with Gasteiger partial charge in [0.25, 0.3) is 10.0 Å². The molecule has 0 fully saturated rings. The Hall–Kier alpha value is -4.29. The lowest BCUT2D eigenvalue weighted by Crippen LogP contribution is -2.20. The summed E-state index contributed by atoms with van der Waals surface area (Å²) in [5.41, 5.74) is 1.71. The van der Waals surface area contributed by atoms with Crippen LogP contribution in [0.15, 0.2) is 83.5 Å². The average Bonchev–Trinajstić information content (AvgIpc) is 3.22. The number of aromatic nitrogens is 2. The second-order valence-electron chi connectivity index (χ2n) is 8.19. The molecule has 0 radical (unpaired) electrons. The minimum Gasteiger partial charge on any atom is -0.382 e. The molecule has 0 saturated heterocycles. The maximum atomic E-state index is 13.8. The molecule has 4 aromatic rings. The Bertz CT molecular complexity index is 1610. The zero-order valence-electron chi connectivity index (χ0n) is 19.2. The normalized spacial score (nSPS) is 11.9. The fourth-order valence-electron chi connectivity index (χ4n) is 3.65. The summed E-state index contributed by atoms with van der Waals surface area (Å²) < 4.78 is 41.9. The summed E-state index contributed by atoms with van der Waals surface area (Å²) in [6.45, 7) is 1.84. The van der Waals surface area contributed by atoms with E-state index in [4.69, 9.17) is 0 Å². The SMILES string of the molecule is Cc1ccc(S(=O)(=O)n2c(C(=O)/C(C#N)=C\N(C)C)cc3ccc(-c4ccc(F)cn4)cc32)cc1. The van der Waals surface area contributed by atoms with Crippen LogP contribution in [0.2, 0.25) is 0 Å². The molecule has 35 heavy (non-hydrogen) atoms. The number of pyridine rings is 1. The van der Waals surface area contributed by atoms with E-state index in [0.29, 0.717) is 16.6 Å². The molecular formula is C26H21FN4O3S. The number of ketones is 1. The van der Waals surface area contributed by atoms with E-state index in [1.54, 1.807) is 44.4 Å². The number of hydrogen-bond donors (Lipinski definition) is 0. The molecule has 0 spiro atoms. The standard InChI is InChI=1S/C26H21FN4O3S/c1-17-4-9-22(10-5-17)35(33,34)31-24-12-18(23-11-8-21(27)15-29-23)6-7-19(24)13-25(31)26(32)20(14-28)16-30(2)3/h4-13,15-16H,1-3H3/b20-16-. The molecule has 7 nitrogen and oxygen atoms in total. The van der Waals surface area contributed by atoms with Crippen LogP contribution >= 0.6 is 0 Å². The van der Waals surface area contributed by atoms with E-state index >= 15 is 0 Å². The van der Waals surface area contributed by atoms with Gasteiger partial charge in [-0.3, -0.25) is 9.78 Å². The number of fused-ring (bicyclic) bond motifs is 1. The molecule has 2 aromatic heterocycles. The Morgan fingerprint density at radius 3 is 2.40 bits per heavy atom. The van der Waals surface area contributed by atoms with Crippen molar-refractivity contribution in [2.45, 2.75) is 11.8 Å². The van der Waals surface area contributed by atoms with Gasteiger partial charge >= 0.3 is 0 Å². The summed E-state index contributed by atoms with van der Waals surface area (Å²) >= 11 is 0. The third kappa shape index (κ3) is 4.56. The van der Waals surface area contributed by atoms with Gasteiger partial charge in [-0.05, 0) is 43.3 Å². The van der Waals surface area contributed by atoms with Crippen molar-refractivity contribution in [2.24, 2.45) is 0 Å². The minimum atomic E-state index is -4.23. The fourth-order valence-corrected chi connectivity index (χ4v) is 5.15. The maximum absolute atomic E-state index is 13.8. The number of allylic oxidation sites excluding steroid dienone is 1. The number of aryl methyl sites for hydroxylation is 1. The van der Waals surface area contributed by atoms with Gasteiger partial charge in [0.1, 0.15) is 23.2 Å². The molecule has 4 rings (SSSR count). The summed E-state index contributed by atoms with van der Waals surface area (Å²) in [6, 6.07) is 17.3. The monoisotopic (exact) mass is 488 g/mol. The smallest absolute Gasteiger partial charge is 0.268 e. The largest absolute Gasteiger partial charge is 0.382 e. The molecule has 0 bridgehead atoms. The quantitative estimate of drug-likeness (QED) is 0.225. The average molecular weight is 489 g/mol. The number of carbonyl (C=O) groups excluding carboxylic acids is 1. The Morgan fingerprint density at radius 2 is 1.80 bits per heavy atom. The van der Waals surface area contributed by atoms with Gasteiger partial charge in [0.15, 0.2) is 0 Å². The van der Waals surface area contributed by atoms with Crippen molar-refractivity contribution in [1.29, 1.82) is 5.26 Å². The second-order valence-corrected chi connectivity index (χ2v) is 9.98. The zero-order chi connectivity index (χ0) is 25.3. The van der Waals surface area contributed by atoms with Crippen molar-refractivity contribution in [3.63, 3.8) is 0 Å². The van der Waals surface area contributed by atoms with Crippen LogP contribution in [0.4, 0.5) is 4.39 Å². The number of hydrogen-bond acceptors (Lipinski definition) is 6. The molecule has 0 saturated carbocycles. The van der Waals surface area contributed by atoms with Crippen LogP contribution in [-0.4, -0.2) is 42.2 Å². The molecule has 2 heterocycles. The van der Waals surface area contributed by atoms with Crippen molar-refractivity contribution in [2.75, 3.05) is 14.1 Å². The summed E-state index contributed by atoms with van der Waals surface area (Å²) in [7, 11) is -0.910.